The van der Waals surface area contributed by atoms with Gasteiger partial charge in [-0.15, -0.1) is 0 Å². The molecule has 1 aromatic rings. The van der Waals surface area contributed by atoms with Gasteiger partial charge in [0.15, 0.2) is 0 Å². The molecule has 0 aromatic carbocycles. The van der Waals surface area contributed by atoms with E-state index in [-0.39, 0.29) is 12.5 Å². The minimum atomic E-state index is -0.296. The van der Waals surface area contributed by atoms with E-state index in [4.69, 9.17) is 0 Å². The lowest BCUT2D eigenvalue weighted by Crippen LogP contribution is -2.27. The van der Waals surface area contributed by atoms with Crippen LogP contribution in [0, 0.1) is 6.92 Å². The summed E-state index contributed by atoms with van der Waals surface area (Å²) in [6.07, 6.45) is 1.01. The number of aryl methyl sites for hydroxylation is 1. The lowest BCUT2D eigenvalue weighted by atomic mass is 10.2. The van der Waals surface area contributed by atoms with Crippen LogP contribution in [0.25, 0.3) is 0 Å². The Bertz CT molecular complexity index is 437. The first-order chi connectivity index (χ1) is 8.96. The second kappa shape index (κ2) is 6.92. The van der Waals surface area contributed by atoms with E-state index in [0.717, 1.165) is 12.2 Å². The quantitative estimate of drug-likeness (QED) is 0.789. The number of anilines is 2. The van der Waals surface area contributed by atoms with Gasteiger partial charge in [-0.05, 0) is 20.3 Å². The molecular formula is C13H22N4O2. The molecular weight excluding hydrogens is 244 g/mol. The lowest BCUT2D eigenvalue weighted by Gasteiger charge is -2.19. The molecule has 0 aliphatic heterocycles. The van der Waals surface area contributed by atoms with Crippen LogP contribution < -0.4 is 10.2 Å². The topological polar surface area (TPSA) is 67.4 Å². The van der Waals surface area contributed by atoms with Crippen LogP contribution >= 0.6 is 0 Å². The zero-order valence-electron chi connectivity index (χ0n) is 12.2. The fourth-order valence-corrected chi connectivity index (χ4v) is 1.52. The van der Waals surface area contributed by atoms with Gasteiger partial charge >= 0.3 is 5.97 Å². The van der Waals surface area contributed by atoms with E-state index in [1.54, 1.807) is 11.9 Å². The largest absolute Gasteiger partial charge is 0.468 e. The second-order valence-electron chi connectivity index (χ2n) is 4.54. The summed E-state index contributed by atoms with van der Waals surface area (Å²) in [5.41, 5.74) is 0. The van der Waals surface area contributed by atoms with Crippen molar-refractivity contribution in [3.05, 3.63) is 11.9 Å². The van der Waals surface area contributed by atoms with Crippen LogP contribution in [0.3, 0.4) is 0 Å². The number of likely N-dealkylation sites (N-methyl/N-ethyl adjacent to an activating group) is 1. The van der Waals surface area contributed by atoms with Crippen LogP contribution in [0.1, 0.15) is 26.1 Å². The summed E-state index contributed by atoms with van der Waals surface area (Å²) in [5.74, 6) is 1.84. The maximum Gasteiger partial charge on any atom is 0.325 e. The number of nitrogens with one attached hydrogen (secondary N) is 1. The van der Waals surface area contributed by atoms with E-state index in [2.05, 4.69) is 33.9 Å². The highest BCUT2D eigenvalue weighted by atomic mass is 16.5. The van der Waals surface area contributed by atoms with Crippen molar-refractivity contribution >= 4 is 17.6 Å². The van der Waals surface area contributed by atoms with E-state index >= 15 is 0 Å². The Labute approximate surface area is 114 Å². The van der Waals surface area contributed by atoms with Crippen molar-refractivity contribution in [2.45, 2.75) is 33.2 Å². The molecule has 1 aromatic heterocycles. The Morgan fingerprint density at radius 2 is 2.21 bits per heavy atom. The Morgan fingerprint density at radius 3 is 2.79 bits per heavy atom. The first kappa shape index (κ1) is 15.2. The number of esters is 1. The average molecular weight is 266 g/mol. The number of hydrogen-bond donors (Lipinski definition) is 1. The molecule has 0 amide bonds. The normalized spacial score (nSPS) is 11.8. The van der Waals surface area contributed by atoms with Crippen LogP contribution in [-0.4, -0.2) is 42.7 Å². The third-order valence-electron chi connectivity index (χ3n) is 2.82. The molecule has 0 aliphatic carbocycles. The van der Waals surface area contributed by atoms with Crippen molar-refractivity contribution in [2.24, 2.45) is 0 Å². The minimum Gasteiger partial charge on any atom is -0.468 e. The Balaban J connectivity index is 2.86. The maximum absolute atomic E-state index is 11.3. The summed E-state index contributed by atoms with van der Waals surface area (Å²) in [6.45, 7) is 6.19. The highest BCUT2D eigenvalue weighted by molar-refractivity contribution is 5.75. The Hall–Kier alpha value is -1.85. The summed E-state index contributed by atoms with van der Waals surface area (Å²) in [7, 11) is 3.17. The summed E-state index contributed by atoms with van der Waals surface area (Å²) >= 11 is 0. The molecule has 1 unspecified atom stereocenters. The first-order valence-corrected chi connectivity index (χ1v) is 6.36. The standard InChI is InChI=1S/C13H22N4O2/c1-6-9(2)14-11-7-12(16-10(3)15-11)17(4)8-13(18)19-5/h7,9H,6,8H2,1-5H3,(H,14,15,16). The van der Waals surface area contributed by atoms with Gasteiger partial charge in [0, 0.05) is 19.2 Å². The van der Waals surface area contributed by atoms with Crippen molar-refractivity contribution in [1.29, 1.82) is 0 Å². The van der Waals surface area contributed by atoms with Crippen molar-refractivity contribution < 1.29 is 9.53 Å². The third-order valence-corrected chi connectivity index (χ3v) is 2.82. The van der Waals surface area contributed by atoms with E-state index < -0.39 is 0 Å². The molecule has 6 heteroatoms. The Morgan fingerprint density at radius 1 is 1.53 bits per heavy atom. The third kappa shape index (κ3) is 4.73. The van der Waals surface area contributed by atoms with Crippen LogP contribution in [0.15, 0.2) is 6.07 Å². The van der Waals surface area contributed by atoms with E-state index in [1.807, 2.05) is 13.0 Å². The number of carbonyl (C=O) groups is 1. The number of rotatable bonds is 6. The van der Waals surface area contributed by atoms with Crippen LogP contribution in [0.5, 0.6) is 0 Å². The van der Waals surface area contributed by atoms with Crippen LogP contribution in [0.4, 0.5) is 11.6 Å². The number of aromatic nitrogens is 2. The monoisotopic (exact) mass is 266 g/mol. The van der Waals surface area contributed by atoms with E-state index in [0.29, 0.717) is 17.7 Å². The van der Waals surface area contributed by atoms with Crippen molar-refractivity contribution in [3.63, 3.8) is 0 Å². The molecule has 6 nitrogen and oxygen atoms in total. The first-order valence-electron chi connectivity index (χ1n) is 6.36. The smallest absolute Gasteiger partial charge is 0.325 e. The van der Waals surface area contributed by atoms with Gasteiger partial charge in [0.25, 0.3) is 0 Å². The second-order valence-corrected chi connectivity index (χ2v) is 4.54. The van der Waals surface area contributed by atoms with Gasteiger partial charge in [0.05, 0.1) is 7.11 Å². The van der Waals surface area contributed by atoms with Crippen molar-refractivity contribution in [1.82, 2.24) is 9.97 Å². The van der Waals surface area contributed by atoms with Gasteiger partial charge in [0.2, 0.25) is 0 Å². The van der Waals surface area contributed by atoms with E-state index in [9.17, 15) is 4.79 Å². The molecule has 0 aliphatic rings. The number of nitrogens with zero attached hydrogens (tertiary/aromatic N) is 3. The number of methoxy groups -OCH3 is 1. The maximum atomic E-state index is 11.3. The summed E-state index contributed by atoms with van der Waals surface area (Å²) in [5, 5.41) is 3.30. The molecule has 1 heterocycles. The van der Waals surface area contributed by atoms with Gasteiger partial charge in [-0.1, -0.05) is 6.92 Å². The molecule has 0 radical (unpaired) electrons. The van der Waals surface area contributed by atoms with Gasteiger partial charge in [0.1, 0.15) is 24.0 Å². The number of ether oxygens (including phenoxy) is 1. The fourth-order valence-electron chi connectivity index (χ4n) is 1.52. The van der Waals surface area contributed by atoms with E-state index in [1.165, 1.54) is 7.11 Å². The molecule has 0 bridgehead atoms. The van der Waals surface area contributed by atoms with Gasteiger partial charge < -0.3 is 15.0 Å². The zero-order chi connectivity index (χ0) is 14.4. The molecule has 106 valence electrons. The van der Waals surface area contributed by atoms with Gasteiger partial charge in [-0.2, -0.15) is 0 Å². The van der Waals surface area contributed by atoms with Gasteiger partial charge in [-0.3, -0.25) is 4.79 Å². The molecule has 0 saturated heterocycles. The number of hydrogen-bond acceptors (Lipinski definition) is 6. The molecule has 1 rings (SSSR count). The SMILES string of the molecule is CCC(C)Nc1cc(N(C)CC(=O)OC)nc(C)n1. The van der Waals surface area contributed by atoms with Crippen LogP contribution in [0.2, 0.25) is 0 Å². The van der Waals surface area contributed by atoms with Crippen molar-refractivity contribution in [3.8, 4) is 0 Å². The predicted molar refractivity (Wildman–Crippen MR) is 75.4 cm³/mol. The minimum absolute atomic E-state index is 0.162. The van der Waals surface area contributed by atoms with Gasteiger partial charge in [-0.25, -0.2) is 9.97 Å². The highest BCUT2D eigenvalue weighted by Gasteiger charge is 2.11. The molecule has 1 N–H and O–H groups in total. The highest BCUT2D eigenvalue weighted by Crippen LogP contribution is 2.15. The number of carbonyl (C=O) groups excluding carboxylic acids is 1. The Kier molecular flexibility index (Phi) is 5.54. The van der Waals surface area contributed by atoms with Crippen molar-refractivity contribution in [2.75, 3.05) is 30.9 Å². The zero-order valence-corrected chi connectivity index (χ0v) is 12.2. The lowest BCUT2D eigenvalue weighted by molar-refractivity contribution is -0.138. The van der Waals surface area contributed by atoms with Crippen LogP contribution in [-0.2, 0) is 9.53 Å². The predicted octanol–water partition coefficient (Wildman–Crippen LogP) is 1.60. The summed E-state index contributed by atoms with van der Waals surface area (Å²) in [6, 6.07) is 2.18. The molecule has 0 fully saturated rings. The molecule has 0 spiro atoms. The fraction of sp³-hybridized carbons (Fsp3) is 0.615. The molecule has 0 saturated carbocycles. The summed E-state index contributed by atoms with van der Waals surface area (Å²) in [4.78, 5) is 21.7. The molecule has 1 atom stereocenters. The summed E-state index contributed by atoms with van der Waals surface area (Å²) < 4.78 is 4.65. The molecule has 19 heavy (non-hydrogen) atoms. The average Bonchev–Trinajstić information content (AvgIpc) is 2.37.